The van der Waals surface area contributed by atoms with Crippen LogP contribution in [0.25, 0.3) is 0 Å². The predicted molar refractivity (Wildman–Crippen MR) is 447 cm³/mol. The molecular weight excluding hydrogens is 1730 g/mol. The highest BCUT2D eigenvalue weighted by molar-refractivity contribution is 5.76. The lowest BCUT2D eigenvalue weighted by Crippen LogP contribution is -2.72. The first-order chi connectivity index (χ1) is 62.2. The molecule has 8 saturated heterocycles. The maximum absolute atomic E-state index is 13.8. The van der Waals surface area contributed by atoms with Gasteiger partial charge < -0.3 is 204 Å². The highest BCUT2D eigenvalue weighted by atomic mass is 16.8. The summed E-state index contributed by atoms with van der Waals surface area (Å²) in [6.07, 6.45) is -46.8. The molecule has 44 nitrogen and oxygen atoms in total. The molecule has 44 heteroatoms. The van der Waals surface area contributed by atoms with Crippen LogP contribution in [0.1, 0.15) is 208 Å². The van der Waals surface area contributed by atoms with E-state index < -0.39 is 316 Å². The monoisotopic (exact) mass is 1880 g/mol. The summed E-state index contributed by atoms with van der Waals surface area (Å²) < 4.78 is 97.7. The second-order valence-electron chi connectivity index (χ2n) is 35.5. The topological polar surface area (TPSA) is 680 Å². The normalized spacial score (nSPS) is 40.9. The Kier molecular flexibility index (Phi) is 48.8. The fourth-order valence-corrected chi connectivity index (χ4v) is 17.6. The van der Waals surface area contributed by atoms with Gasteiger partial charge in [0.25, 0.3) is 0 Å². The molecular formula is C86H153N3O41. The Morgan fingerprint density at radius 2 is 0.615 bits per heavy atom. The van der Waals surface area contributed by atoms with E-state index in [-0.39, 0.29) is 12.3 Å². The number of rotatable bonds is 54. The van der Waals surface area contributed by atoms with E-state index in [1.165, 1.54) is 104 Å². The quantitative estimate of drug-likeness (QED) is 0.0200. The van der Waals surface area contributed by atoms with Crippen molar-refractivity contribution < 1.29 is 203 Å². The SMILES string of the molecule is CCCCCCCCCCCCC/C=C/[C@@H](O)[C@H](CO[C@@H]1OC(CO)[C@@H](O[C@@H]2OC(CO)[C@H](O)[C@H](O[C@@H]3OC(CO)[C@@H](O[C@H]4OC(C)[C@@H](O)C(O)[C@@H]4O)[C@H](O[C@@H]4OC(CO)[C@H](O)[C@H](O[C@@H]5OC(CO)[C@@H](O[C@H]6OC(C)[C@@H](O)C(O)[C@@H]6O)[C@H](O[C@@H]6OC(CO)[C@H](O)[C@H](O)C6O)C5NC(C)=O)C4O)C3NC(C)=O)C2O)[C@H](O)C1O)NC(=O)CCCCCCCCCCCCCCC. The second-order valence-corrected chi connectivity index (χ2v) is 35.5. The fraction of sp³-hybridized carbons (Fsp3) is 0.942. The summed E-state index contributed by atoms with van der Waals surface area (Å²) in [6, 6.07) is -5.15. The van der Waals surface area contributed by atoms with Gasteiger partial charge in [0.15, 0.2) is 50.3 Å². The van der Waals surface area contributed by atoms with E-state index in [9.17, 15) is 127 Å². The van der Waals surface area contributed by atoms with Gasteiger partial charge in [-0.25, -0.2) is 0 Å². The Balaban J connectivity index is 1.03. The van der Waals surface area contributed by atoms with Crippen molar-refractivity contribution >= 4 is 17.7 Å². The molecule has 0 aromatic rings. The van der Waals surface area contributed by atoms with Crippen molar-refractivity contribution in [3.05, 3.63) is 12.2 Å². The average molecular weight is 1890 g/mol. The van der Waals surface area contributed by atoms with E-state index in [2.05, 4.69) is 29.8 Å². The van der Waals surface area contributed by atoms with Crippen molar-refractivity contribution in [2.75, 3.05) is 46.2 Å². The van der Waals surface area contributed by atoms with Crippen LogP contribution in [-0.4, -0.2) is 434 Å². The minimum atomic E-state index is -2.50. The van der Waals surface area contributed by atoms with Crippen LogP contribution >= 0.6 is 0 Å². The van der Waals surface area contributed by atoms with Crippen LogP contribution in [0.2, 0.25) is 0 Å². The Bertz CT molecular complexity index is 3190. The largest absolute Gasteiger partial charge is 0.394 e. The highest BCUT2D eigenvalue weighted by Crippen LogP contribution is 2.41. The van der Waals surface area contributed by atoms with Gasteiger partial charge in [0, 0.05) is 20.3 Å². The Labute approximate surface area is 757 Å². The van der Waals surface area contributed by atoms with Gasteiger partial charge in [-0.1, -0.05) is 167 Å². The van der Waals surface area contributed by atoms with Crippen molar-refractivity contribution in [2.24, 2.45) is 0 Å². The molecule has 3 amide bonds. The van der Waals surface area contributed by atoms with Crippen molar-refractivity contribution in [3.63, 3.8) is 0 Å². The lowest BCUT2D eigenvalue weighted by atomic mass is 9.93. The molecule has 8 rings (SSSR count). The van der Waals surface area contributed by atoms with Crippen LogP contribution in [0.15, 0.2) is 12.2 Å². The van der Waals surface area contributed by atoms with E-state index >= 15 is 0 Å². The Hall–Kier alpha value is -3.37. The first-order valence-electron chi connectivity index (χ1n) is 46.7. The van der Waals surface area contributed by atoms with Gasteiger partial charge in [-0.3, -0.25) is 14.4 Å². The first kappa shape index (κ1) is 112. The number of nitrogens with one attached hydrogen (secondary N) is 3. The molecule has 8 aliphatic rings. The molecule has 8 aliphatic heterocycles. The third kappa shape index (κ3) is 31.1. The molecule has 130 heavy (non-hydrogen) atoms. The minimum absolute atomic E-state index is 0.137. The van der Waals surface area contributed by atoms with Gasteiger partial charge in [0.1, 0.15) is 183 Å². The number of carbonyl (C=O) groups is 3. The van der Waals surface area contributed by atoms with Gasteiger partial charge in [-0.2, -0.15) is 0 Å². The number of ether oxygens (including phenoxy) is 16. The predicted octanol–water partition coefficient (Wildman–Crippen LogP) is -5.50. The van der Waals surface area contributed by atoms with Crippen LogP contribution in [0.5, 0.6) is 0 Å². The molecule has 8 fully saturated rings. The van der Waals surface area contributed by atoms with Crippen LogP contribution in [0, 0.1) is 0 Å². The number of amides is 3. The molecule has 0 saturated carbocycles. The molecule has 8 heterocycles. The summed E-state index contributed by atoms with van der Waals surface area (Å²) >= 11 is 0. The van der Waals surface area contributed by atoms with E-state index in [0.29, 0.717) is 12.8 Å². The van der Waals surface area contributed by atoms with E-state index in [4.69, 9.17) is 75.8 Å². The lowest BCUT2D eigenvalue weighted by Gasteiger charge is -2.52. The van der Waals surface area contributed by atoms with Crippen molar-refractivity contribution in [2.45, 2.75) is 466 Å². The fourth-order valence-electron chi connectivity index (χ4n) is 17.6. The van der Waals surface area contributed by atoms with Crippen LogP contribution in [-0.2, 0) is 90.2 Å². The standard InChI is InChI=1S/C86H153N3O41/c1-7-9-11-13-15-17-19-21-23-25-27-29-31-33-47(98)46(89-54(99)34-32-30-28-26-24-22-20-18-16-14-12-10-8-2)41-115-81-69(112)65(108)72(51(38-93)123-81)124-85-70(113)77(60(103)49(36-91)119-85)129-80-56(88-45(6)97)76(74(53(40-95)122-80)126-83-67(110)63(106)58(101)43(4)117-83)128-86-71(114)78(61(104)50(37-92)120-86)130-79-55(87-44(5)96)75(127-84-68(111)64(107)59(102)48(35-90)118-84)73(52(39-94)121-79)125-82-66(109)62(105)57(100)42(3)116-82/h31,33,42-43,46-53,55-86,90-95,98,100-114H,7-30,32,34-41H2,1-6H3,(H,87,96)(H,88,97)(H,89,99)/b33-31+/t42?,43?,46-,47+,48?,49?,50?,51?,52?,53?,55?,56?,57+,58+,59-,60-,61-,62?,63?,64-,65+,66-,67-,68?,69?,70?,71?,72+,73+,74+,75+,76+,77-,78-,79-,80-,81+,82+,83+,84-,85-,86-/m0/s1. The van der Waals surface area contributed by atoms with Gasteiger partial charge in [0.05, 0.1) is 70.6 Å². The number of aliphatic hydroxyl groups is 22. The summed E-state index contributed by atoms with van der Waals surface area (Å²) in [4.78, 5) is 40.9. The lowest BCUT2D eigenvalue weighted by molar-refractivity contribution is -0.399. The zero-order valence-electron chi connectivity index (χ0n) is 75.3. The number of carbonyl (C=O) groups excluding carboxylic acids is 3. The second kappa shape index (κ2) is 56.6. The smallest absolute Gasteiger partial charge is 0.220 e. The molecule has 0 aliphatic carbocycles. The zero-order valence-corrected chi connectivity index (χ0v) is 75.3. The van der Waals surface area contributed by atoms with Crippen molar-refractivity contribution in [3.8, 4) is 0 Å². The molecule has 0 spiro atoms. The molecule has 25 N–H and O–H groups in total. The molecule has 0 aromatic carbocycles. The maximum atomic E-state index is 13.8. The van der Waals surface area contributed by atoms with Crippen LogP contribution < -0.4 is 16.0 Å². The Morgan fingerprint density at radius 1 is 0.315 bits per heavy atom. The Morgan fingerprint density at radius 3 is 1.00 bits per heavy atom. The minimum Gasteiger partial charge on any atom is -0.394 e. The van der Waals surface area contributed by atoms with Crippen LogP contribution in [0.3, 0.4) is 0 Å². The van der Waals surface area contributed by atoms with Crippen LogP contribution in [0.4, 0.5) is 0 Å². The third-order valence-corrected chi connectivity index (χ3v) is 25.4. The van der Waals surface area contributed by atoms with Crippen molar-refractivity contribution in [1.82, 2.24) is 16.0 Å². The average Bonchev–Trinajstić information content (AvgIpc) is 0.749. The van der Waals surface area contributed by atoms with E-state index in [1.807, 2.05) is 6.08 Å². The third-order valence-electron chi connectivity index (χ3n) is 25.4. The summed E-state index contributed by atoms with van der Waals surface area (Å²) in [5.74, 6) is -2.34. The highest BCUT2D eigenvalue weighted by Gasteiger charge is 2.61. The van der Waals surface area contributed by atoms with E-state index in [1.54, 1.807) is 6.08 Å². The van der Waals surface area contributed by atoms with Gasteiger partial charge in [-0.05, 0) is 33.1 Å². The molecule has 0 aromatic heterocycles. The number of hydrogen-bond donors (Lipinski definition) is 25. The molecule has 0 bridgehead atoms. The van der Waals surface area contributed by atoms with Gasteiger partial charge in [-0.15, -0.1) is 0 Å². The summed E-state index contributed by atoms with van der Waals surface area (Å²) in [5.41, 5.74) is 0. The summed E-state index contributed by atoms with van der Waals surface area (Å²) in [5, 5.41) is 257. The van der Waals surface area contributed by atoms with E-state index in [0.717, 1.165) is 71.6 Å². The van der Waals surface area contributed by atoms with Gasteiger partial charge >= 0.3 is 0 Å². The number of allylic oxidation sites excluding steroid dienone is 1. The van der Waals surface area contributed by atoms with Crippen molar-refractivity contribution in [1.29, 1.82) is 0 Å². The first-order valence-corrected chi connectivity index (χ1v) is 46.7. The molecule has 42 atom stereocenters. The van der Waals surface area contributed by atoms with Gasteiger partial charge in [0.2, 0.25) is 17.7 Å². The molecule has 758 valence electrons. The number of hydrogen-bond acceptors (Lipinski definition) is 41. The molecule has 16 unspecified atom stereocenters. The maximum Gasteiger partial charge on any atom is 0.220 e. The summed E-state index contributed by atoms with van der Waals surface area (Å²) in [7, 11) is 0. The number of aliphatic hydroxyl groups excluding tert-OH is 22. The summed E-state index contributed by atoms with van der Waals surface area (Å²) in [6.45, 7) is 1.70. The number of unbranched alkanes of at least 4 members (excludes halogenated alkanes) is 23. The zero-order chi connectivity index (χ0) is 95.2. The molecule has 0 radical (unpaired) electrons.